The molecule has 17 heavy (non-hydrogen) atoms. The predicted octanol–water partition coefficient (Wildman–Crippen LogP) is 0.799. The van der Waals surface area contributed by atoms with Crippen LogP contribution in [0.2, 0.25) is 0 Å². The van der Waals surface area contributed by atoms with Gasteiger partial charge in [0.05, 0.1) is 5.69 Å². The molecule has 0 bridgehead atoms. The zero-order valence-corrected chi connectivity index (χ0v) is 10.4. The van der Waals surface area contributed by atoms with Crippen LogP contribution in [-0.4, -0.2) is 32.3 Å². The average molecular weight is 233 g/mol. The maximum absolute atomic E-state index is 11.8. The first-order chi connectivity index (χ1) is 8.06. The summed E-state index contributed by atoms with van der Waals surface area (Å²) in [5, 5.41) is 14.9. The molecule has 0 saturated heterocycles. The monoisotopic (exact) mass is 233 g/mol. The first-order valence-electron chi connectivity index (χ1n) is 5.53. The second-order valence-electron chi connectivity index (χ2n) is 3.95. The first-order valence-corrected chi connectivity index (χ1v) is 5.53. The zero-order valence-electron chi connectivity index (χ0n) is 10.4. The molecule has 2 rings (SSSR count). The Balaban J connectivity index is 2.65. The molecule has 0 fully saturated rings. The number of amides is 1. The summed E-state index contributed by atoms with van der Waals surface area (Å²) in [6.07, 6.45) is 0. The second kappa shape index (κ2) is 4.12. The summed E-state index contributed by atoms with van der Waals surface area (Å²) in [7, 11) is 0. The molecule has 1 N–H and O–H groups in total. The van der Waals surface area contributed by atoms with Gasteiger partial charge in [-0.15, -0.1) is 10.2 Å². The lowest BCUT2D eigenvalue weighted by Gasteiger charge is -2.06. The average Bonchev–Trinajstić information content (AvgIpc) is 2.70. The van der Waals surface area contributed by atoms with Crippen molar-refractivity contribution in [2.75, 3.05) is 6.54 Å². The van der Waals surface area contributed by atoms with Crippen molar-refractivity contribution in [2.45, 2.75) is 27.7 Å². The Bertz CT molecular complexity index is 587. The van der Waals surface area contributed by atoms with Crippen molar-refractivity contribution in [3.63, 3.8) is 0 Å². The summed E-state index contributed by atoms with van der Waals surface area (Å²) in [5.74, 6) is -0.0248. The normalized spacial score (nSPS) is 10.8. The van der Waals surface area contributed by atoms with Crippen LogP contribution in [0.25, 0.3) is 5.65 Å². The van der Waals surface area contributed by atoms with Crippen LogP contribution in [0.3, 0.4) is 0 Å². The van der Waals surface area contributed by atoms with Crippen LogP contribution in [0.5, 0.6) is 0 Å². The van der Waals surface area contributed by atoms with Gasteiger partial charge in [-0.25, -0.2) is 0 Å². The molecule has 6 heteroatoms. The largest absolute Gasteiger partial charge is 0.350 e. The quantitative estimate of drug-likeness (QED) is 0.832. The number of nitrogens with zero attached hydrogens (tertiary/aromatic N) is 4. The molecule has 2 aromatic heterocycles. The van der Waals surface area contributed by atoms with E-state index in [1.54, 1.807) is 0 Å². The van der Waals surface area contributed by atoms with Crippen molar-refractivity contribution in [2.24, 2.45) is 0 Å². The highest BCUT2D eigenvalue weighted by molar-refractivity contribution is 5.91. The van der Waals surface area contributed by atoms with Gasteiger partial charge in [0.2, 0.25) is 5.82 Å². The van der Waals surface area contributed by atoms with E-state index in [1.165, 1.54) is 4.52 Å². The van der Waals surface area contributed by atoms with E-state index >= 15 is 0 Å². The Kier molecular flexibility index (Phi) is 2.79. The fourth-order valence-electron chi connectivity index (χ4n) is 1.65. The number of fused-ring (bicyclic) bond motifs is 1. The van der Waals surface area contributed by atoms with E-state index in [1.807, 2.05) is 27.7 Å². The highest BCUT2D eigenvalue weighted by Crippen LogP contribution is 2.15. The maximum Gasteiger partial charge on any atom is 0.291 e. The summed E-state index contributed by atoms with van der Waals surface area (Å²) in [6.45, 7) is 8.25. The van der Waals surface area contributed by atoms with E-state index in [0.29, 0.717) is 12.2 Å². The maximum atomic E-state index is 11.8. The number of nitrogens with one attached hydrogen (secondary N) is 1. The fourth-order valence-corrected chi connectivity index (χ4v) is 1.65. The molecular weight excluding hydrogens is 218 g/mol. The van der Waals surface area contributed by atoms with E-state index in [4.69, 9.17) is 0 Å². The van der Waals surface area contributed by atoms with Gasteiger partial charge in [-0.2, -0.15) is 9.61 Å². The number of hydrogen-bond acceptors (Lipinski definition) is 4. The van der Waals surface area contributed by atoms with Crippen LogP contribution < -0.4 is 5.32 Å². The van der Waals surface area contributed by atoms with Crippen molar-refractivity contribution in [3.8, 4) is 0 Å². The molecule has 1 amide bonds. The minimum Gasteiger partial charge on any atom is -0.350 e. The first kappa shape index (κ1) is 11.5. The van der Waals surface area contributed by atoms with Gasteiger partial charge in [0.25, 0.3) is 5.91 Å². The highest BCUT2D eigenvalue weighted by atomic mass is 16.2. The van der Waals surface area contributed by atoms with Gasteiger partial charge in [-0.3, -0.25) is 4.79 Å². The van der Waals surface area contributed by atoms with Crippen LogP contribution in [0, 0.1) is 20.8 Å². The lowest BCUT2D eigenvalue weighted by molar-refractivity contribution is 0.0943. The molecule has 0 aliphatic heterocycles. The minimum atomic E-state index is -0.254. The van der Waals surface area contributed by atoms with Gasteiger partial charge in [0.15, 0.2) is 5.65 Å². The predicted molar refractivity (Wildman–Crippen MR) is 63.0 cm³/mol. The summed E-state index contributed by atoms with van der Waals surface area (Å²) in [6, 6.07) is 0. The van der Waals surface area contributed by atoms with Gasteiger partial charge in [0.1, 0.15) is 0 Å². The molecule has 0 spiro atoms. The van der Waals surface area contributed by atoms with Gasteiger partial charge < -0.3 is 5.32 Å². The van der Waals surface area contributed by atoms with Crippen LogP contribution in [0.4, 0.5) is 0 Å². The summed E-state index contributed by atoms with van der Waals surface area (Å²) < 4.78 is 1.50. The Morgan fingerprint density at radius 1 is 1.24 bits per heavy atom. The summed E-state index contributed by atoms with van der Waals surface area (Å²) in [4.78, 5) is 11.8. The molecule has 0 aliphatic rings. The summed E-state index contributed by atoms with van der Waals surface area (Å²) >= 11 is 0. The third-order valence-corrected chi connectivity index (χ3v) is 2.87. The van der Waals surface area contributed by atoms with E-state index in [-0.39, 0.29) is 11.7 Å². The Morgan fingerprint density at radius 3 is 2.59 bits per heavy atom. The van der Waals surface area contributed by atoms with Gasteiger partial charge >= 0.3 is 0 Å². The smallest absolute Gasteiger partial charge is 0.291 e. The molecule has 0 aromatic carbocycles. The third-order valence-electron chi connectivity index (χ3n) is 2.87. The van der Waals surface area contributed by atoms with Crippen molar-refractivity contribution in [3.05, 3.63) is 22.6 Å². The number of aryl methyl sites for hydroxylation is 2. The SMILES string of the molecule is CCNC(=O)c1nnc2c(C)c(C)c(C)nn12. The van der Waals surface area contributed by atoms with Gasteiger partial charge in [-0.05, 0) is 33.3 Å². The molecule has 0 atom stereocenters. The van der Waals surface area contributed by atoms with Crippen LogP contribution in [0.15, 0.2) is 0 Å². The molecule has 0 saturated carbocycles. The molecule has 0 aliphatic carbocycles. The number of aromatic nitrogens is 4. The van der Waals surface area contributed by atoms with Crippen molar-refractivity contribution < 1.29 is 4.79 Å². The zero-order chi connectivity index (χ0) is 12.6. The minimum absolute atomic E-state index is 0.230. The number of carbonyl (C=O) groups is 1. The topological polar surface area (TPSA) is 72.2 Å². The summed E-state index contributed by atoms with van der Waals surface area (Å²) in [5.41, 5.74) is 3.59. The molecule has 2 heterocycles. The second-order valence-corrected chi connectivity index (χ2v) is 3.95. The Labute approximate surface area is 99.0 Å². The van der Waals surface area contributed by atoms with Gasteiger partial charge in [0, 0.05) is 12.1 Å². The number of rotatable bonds is 2. The van der Waals surface area contributed by atoms with E-state index < -0.39 is 0 Å². The Morgan fingerprint density at radius 2 is 1.94 bits per heavy atom. The molecule has 2 aromatic rings. The fraction of sp³-hybridized carbons (Fsp3) is 0.455. The van der Waals surface area contributed by atoms with E-state index in [2.05, 4.69) is 20.6 Å². The molecule has 0 unspecified atom stereocenters. The molecule has 90 valence electrons. The van der Waals surface area contributed by atoms with Crippen molar-refractivity contribution in [1.82, 2.24) is 25.1 Å². The third kappa shape index (κ3) is 1.75. The number of hydrogen-bond donors (Lipinski definition) is 1. The molecular formula is C11H15N5O. The molecule has 6 nitrogen and oxygen atoms in total. The standard InChI is InChI=1S/C11H15N5O/c1-5-12-11(17)10-14-13-9-7(3)6(2)8(4)15-16(9)10/h5H2,1-4H3,(H,12,17). The van der Waals surface area contributed by atoms with Gasteiger partial charge in [-0.1, -0.05) is 0 Å². The number of carbonyl (C=O) groups excluding carboxylic acids is 1. The van der Waals surface area contributed by atoms with Crippen LogP contribution in [-0.2, 0) is 0 Å². The lowest BCUT2D eigenvalue weighted by atomic mass is 10.1. The van der Waals surface area contributed by atoms with Crippen molar-refractivity contribution in [1.29, 1.82) is 0 Å². The van der Waals surface area contributed by atoms with E-state index in [9.17, 15) is 4.79 Å². The highest BCUT2D eigenvalue weighted by Gasteiger charge is 2.17. The molecule has 0 radical (unpaired) electrons. The van der Waals surface area contributed by atoms with Crippen LogP contribution in [0.1, 0.15) is 34.4 Å². The van der Waals surface area contributed by atoms with E-state index in [0.717, 1.165) is 16.8 Å². The lowest BCUT2D eigenvalue weighted by Crippen LogP contribution is -2.25. The van der Waals surface area contributed by atoms with Crippen LogP contribution >= 0.6 is 0 Å². The Hall–Kier alpha value is -1.98. The van der Waals surface area contributed by atoms with Crippen molar-refractivity contribution >= 4 is 11.6 Å².